The Hall–Kier alpha value is -1.25. The predicted molar refractivity (Wildman–Crippen MR) is 61.3 cm³/mol. The summed E-state index contributed by atoms with van der Waals surface area (Å²) in [5.41, 5.74) is 0. The maximum Gasteiger partial charge on any atom is 0.129 e. The molecule has 3 heteroatoms. The highest BCUT2D eigenvalue weighted by Crippen LogP contribution is 2.25. The molecule has 0 atom stereocenters. The van der Waals surface area contributed by atoms with Crippen LogP contribution in [-0.2, 0) is 0 Å². The monoisotopic (exact) mass is 206 g/mol. The second-order valence-corrected chi connectivity index (χ2v) is 3.97. The Balaban J connectivity index is 1.92. The van der Waals surface area contributed by atoms with Crippen LogP contribution in [-0.4, -0.2) is 17.6 Å². The van der Waals surface area contributed by atoms with Crippen LogP contribution in [0.1, 0.15) is 32.6 Å². The molecule has 0 radical (unpaired) electrons. The zero-order valence-electron chi connectivity index (χ0n) is 9.20. The van der Waals surface area contributed by atoms with E-state index in [9.17, 15) is 0 Å². The summed E-state index contributed by atoms with van der Waals surface area (Å²) in [5, 5.41) is 3.25. The second-order valence-electron chi connectivity index (χ2n) is 3.97. The fraction of sp³-hybridized carbons (Fsp3) is 0.583. The maximum absolute atomic E-state index is 5.79. The summed E-state index contributed by atoms with van der Waals surface area (Å²) in [7, 11) is 0. The predicted octanol–water partition coefficient (Wildman–Crippen LogP) is 2.83. The zero-order chi connectivity index (χ0) is 10.5. The number of anilines is 1. The van der Waals surface area contributed by atoms with E-state index in [4.69, 9.17) is 4.74 Å². The molecule has 82 valence electrons. The largest absolute Gasteiger partial charge is 0.490 e. The van der Waals surface area contributed by atoms with E-state index < -0.39 is 0 Å². The molecule has 1 heterocycles. The number of aromatic nitrogens is 1. The lowest BCUT2D eigenvalue weighted by Gasteiger charge is -2.26. The van der Waals surface area contributed by atoms with Gasteiger partial charge in [0.05, 0.1) is 6.10 Å². The van der Waals surface area contributed by atoms with Gasteiger partial charge in [-0.05, 0) is 31.7 Å². The quantitative estimate of drug-likeness (QED) is 0.804. The summed E-state index contributed by atoms with van der Waals surface area (Å²) in [6.45, 7) is 3.10. The van der Waals surface area contributed by atoms with E-state index in [-0.39, 0.29) is 0 Å². The van der Waals surface area contributed by atoms with Gasteiger partial charge in [0, 0.05) is 18.8 Å². The number of nitrogens with one attached hydrogen (secondary N) is 1. The van der Waals surface area contributed by atoms with Gasteiger partial charge in [0.1, 0.15) is 11.6 Å². The van der Waals surface area contributed by atoms with Crippen LogP contribution in [0.5, 0.6) is 5.75 Å². The van der Waals surface area contributed by atoms with Crippen LogP contribution in [0.2, 0.25) is 0 Å². The van der Waals surface area contributed by atoms with Crippen molar-refractivity contribution >= 4 is 5.82 Å². The van der Waals surface area contributed by atoms with Gasteiger partial charge in [-0.2, -0.15) is 0 Å². The third kappa shape index (κ3) is 2.85. The van der Waals surface area contributed by atoms with E-state index in [0.29, 0.717) is 6.10 Å². The molecule has 1 aliphatic rings. The van der Waals surface area contributed by atoms with Crippen molar-refractivity contribution in [1.82, 2.24) is 4.98 Å². The number of pyridine rings is 1. The van der Waals surface area contributed by atoms with Crippen LogP contribution in [0.3, 0.4) is 0 Å². The lowest BCUT2D eigenvalue weighted by atomic mass is 9.96. The van der Waals surface area contributed by atoms with Gasteiger partial charge in [-0.15, -0.1) is 0 Å². The standard InChI is InChI=1S/C12H18N2O/c1-2-7-13-12-9-11(6-8-14-12)15-10-4-3-5-10/h6,8-10H,2-5,7H2,1H3,(H,13,14). The van der Waals surface area contributed by atoms with Gasteiger partial charge in [-0.3, -0.25) is 0 Å². The van der Waals surface area contributed by atoms with Gasteiger partial charge >= 0.3 is 0 Å². The molecule has 2 rings (SSSR count). The van der Waals surface area contributed by atoms with Gasteiger partial charge in [0.15, 0.2) is 0 Å². The molecule has 1 N–H and O–H groups in total. The average Bonchev–Trinajstić information content (AvgIpc) is 2.21. The number of ether oxygens (including phenoxy) is 1. The van der Waals surface area contributed by atoms with E-state index in [1.54, 1.807) is 6.20 Å². The Morgan fingerprint density at radius 2 is 2.40 bits per heavy atom. The molecule has 1 aromatic rings. The molecular formula is C12H18N2O. The number of hydrogen-bond acceptors (Lipinski definition) is 3. The Morgan fingerprint density at radius 3 is 3.07 bits per heavy atom. The first-order chi connectivity index (χ1) is 7.38. The van der Waals surface area contributed by atoms with E-state index in [2.05, 4.69) is 17.2 Å². The van der Waals surface area contributed by atoms with Gasteiger partial charge in [-0.25, -0.2) is 4.98 Å². The minimum Gasteiger partial charge on any atom is -0.490 e. The summed E-state index contributed by atoms with van der Waals surface area (Å²) in [6, 6.07) is 3.91. The number of nitrogens with zero attached hydrogens (tertiary/aromatic N) is 1. The Morgan fingerprint density at radius 1 is 1.53 bits per heavy atom. The first-order valence-electron chi connectivity index (χ1n) is 5.75. The van der Waals surface area contributed by atoms with E-state index in [1.807, 2.05) is 12.1 Å². The van der Waals surface area contributed by atoms with Crippen molar-refractivity contribution < 1.29 is 4.74 Å². The Kier molecular flexibility index (Phi) is 3.43. The minimum absolute atomic E-state index is 0.437. The van der Waals surface area contributed by atoms with Crippen LogP contribution in [0, 0.1) is 0 Å². The van der Waals surface area contributed by atoms with E-state index in [1.165, 1.54) is 19.3 Å². The van der Waals surface area contributed by atoms with Gasteiger partial charge in [0.2, 0.25) is 0 Å². The maximum atomic E-state index is 5.79. The summed E-state index contributed by atoms with van der Waals surface area (Å²) in [5.74, 6) is 1.85. The summed E-state index contributed by atoms with van der Waals surface area (Å²) >= 11 is 0. The van der Waals surface area contributed by atoms with Crippen molar-refractivity contribution in [3.63, 3.8) is 0 Å². The molecule has 15 heavy (non-hydrogen) atoms. The molecule has 1 saturated carbocycles. The first kappa shape index (κ1) is 10.3. The molecule has 1 fully saturated rings. The van der Waals surface area contributed by atoms with E-state index in [0.717, 1.165) is 24.5 Å². The highest BCUT2D eigenvalue weighted by Gasteiger charge is 2.18. The van der Waals surface area contributed by atoms with Gasteiger partial charge < -0.3 is 10.1 Å². The van der Waals surface area contributed by atoms with Gasteiger partial charge in [0.25, 0.3) is 0 Å². The fourth-order valence-electron chi connectivity index (χ4n) is 1.52. The zero-order valence-corrected chi connectivity index (χ0v) is 9.20. The van der Waals surface area contributed by atoms with Crippen molar-refractivity contribution in [3.8, 4) is 5.75 Å². The van der Waals surface area contributed by atoms with Crippen molar-refractivity contribution in [3.05, 3.63) is 18.3 Å². The molecule has 0 amide bonds. The highest BCUT2D eigenvalue weighted by atomic mass is 16.5. The normalized spacial score (nSPS) is 15.8. The molecule has 0 bridgehead atoms. The second kappa shape index (κ2) is 5.01. The van der Waals surface area contributed by atoms with Crippen molar-refractivity contribution in [2.24, 2.45) is 0 Å². The van der Waals surface area contributed by atoms with Crippen molar-refractivity contribution in [2.75, 3.05) is 11.9 Å². The Labute approximate surface area is 90.9 Å². The molecule has 3 nitrogen and oxygen atoms in total. The van der Waals surface area contributed by atoms with Crippen LogP contribution in [0.15, 0.2) is 18.3 Å². The lowest BCUT2D eigenvalue weighted by molar-refractivity contribution is 0.120. The number of hydrogen-bond donors (Lipinski definition) is 1. The van der Waals surface area contributed by atoms with Crippen LogP contribution in [0.4, 0.5) is 5.82 Å². The average molecular weight is 206 g/mol. The molecular weight excluding hydrogens is 188 g/mol. The molecule has 0 unspecified atom stereocenters. The summed E-state index contributed by atoms with van der Waals surface area (Å²) in [6.07, 6.45) is 7.03. The summed E-state index contributed by atoms with van der Waals surface area (Å²) < 4.78 is 5.79. The van der Waals surface area contributed by atoms with Crippen molar-refractivity contribution in [1.29, 1.82) is 0 Å². The molecule has 1 aliphatic carbocycles. The lowest BCUT2D eigenvalue weighted by Crippen LogP contribution is -2.24. The smallest absolute Gasteiger partial charge is 0.129 e. The topological polar surface area (TPSA) is 34.1 Å². The molecule has 0 spiro atoms. The molecule has 0 aromatic carbocycles. The molecule has 0 saturated heterocycles. The van der Waals surface area contributed by atoms with Crippen LogP contribution < -0.4 is 10.1 Å². The molecule has 0 aliphatic heterocycles. The third-order valence-electron chi connectivity index (χ3n) is 2.64. The SMILES string of the molecule is CCCNc1cc(OC2CCC2)ccn1. The van der Waals surface area contributed by atoms with Crippen LogP contribution in [0.25, 0.3) is 0 Å². The van der Waals surface area contributed by atoms with Gasteiger partial charge in [-0.1, -0.05) is 6.92 Å². The summed E-state index contributed by atoms with van der Waals surface area (Å²) in [4.78, 5) is 4.24. The third-order valence-corrected chi connectivity index (χ3v) is 2.64. The first-order valence-corrected chi connectivity index (χ1v) is 5.75. The fourth-order valence-corrected chi connectivity index (χ4v) is 1.52. The van der Waals surface area contributed by atoms with E-state index >= 15 is 0 Å². The minimum atomic E-state index is 0.437. The van der Waals surface area contributed by atoms with Crippen molar-refractivity contribution in [2.45, 2.75) is 38.7 Å². The Bertz CT molecular complexity index is 310. The molecule has 1 aromatic heterocycles. The van der Waals surface area contributed by atoms with Crippen LogP contribution >= 0.6 is 0 Å². The highest BCUT2D eigenvalue weighted by molar-refractivity contribution is 5.40. The number of rotatable bonds is 5.